The molecule has 0 aliphatic carbocycles. The molecule has 0 saturated carbocycles. The standard InChI is InChI=1S/C29H32FN7O6S/c1-19(36(24-13-14-25(42-2)33-27(24)43-3)29(39)31-21-11-9-20(30)10-12-21)26-32-23-8-6-5-7-22(23)28(38)37(26)34-15-17-35(18-16-34)44(4,40)41/h5-14,19H,15-18H2,1-4H3,(H,31,39). The van der Waals surface area contributed by atoms with E-state index < -0.39 is 27.9 Å². The molecule has 2 aromatic carbocycles. The van der Waals surface area contributed by atoms with Crippen molar-refractivity contribution in [2.45, 2.75) is 13.0 Å². The minimum Gasteiger partial charge on any atom is -0.481 e. The maximum Gasteiger partial charge on any atom is 0.327 e. The predicted molar refractivity (Wildman–Crippen MR) is 164 cm³/mol. The second kappa shape index (κ2) is 12.5. The first kappa shape index (κ1) is 30.7. The van der Waals surface area contributed by atoms with Crippen LogP contribution in [0.25, 0.3) is 10.9 Å². The van der Waals surface area contributed by atoms with Crippen molar-refractivity contribution in [3.63, 3.8) is 0 Å². The lowest BCUT2D eigenvalue weighted by atomic mass is 10.2. The summed E-state index contributed by atoms with van der Waals surface area (Å²) in [6.45, 7) is 2.45. The lowest BCUT2D eigenvalue weighted by molar-refractivity contribution is 0.254. The maximum absolute atomic E-state index is 14.0. The van der Waals surface area contributed by atoms with Gasteiger partial charge in [0, 0.05) is 37.9 Å². The van der Waals surface area contributed by atoms with Crippen LogP contribution in [0.1, 0.15) is 18.8 Å². The molecule has 1 fully saturated rings. The molecule has 3 heterocycles. The van der Waals surface area contributed by atoms with Gasteiger partial charge in [0.2, 0.25) is 21.8 Å². The van der Waals surface area contributed by atoms with Crippen LogP contribution in [0, 0.1) is 5.82 Å². The van der Waals surface area contributed by atoms with Crippen LogP contribution in [0.5, 0.6) is 11.8 Å². The predicted octanol–water partition coefficient (Wildman–Crippen LogP) is 2.96. The number of aromatic nitrogens is 3. The SMILES string of the molecule is COc1ccc(N(C(=O)Nc2ccc(F)cc2)C(C)c2nc3ccccc3c(=O)n2N2CCN(S(C)(=O)=O)CC2)c(OC)n1. The summed E-state index contributed by atoms with van der Waals surface area (Å²) >= 11 is 0. The number of anilines is 2. The number of ether oxygens (including phenoxy) is 2. The molecule has 0 bridgehead atoms. The third kappa shape index (κ3) is 6.14. The average Bonchev–Trinajstić information content (AvgIpc) is 3.02. The Morgan fingerprint density at radius 1 is 0.977 bits per heavy atom. The molecule has 1 atom stereocenters. The fourth-order valence-electron chi connectivity index (χ4n) is 5.08. The van der Waals surface area contributed by atoms with Crippen molar-refractivity contribution in [3.8, 4) is 11.8 Å². The van der Waals surface area contributed by atoms with Gasteiger partial charge in [-0.1, -0.05) is 12.1 Å². The fraction of sp³-hybridized carbons (Fsp3) is 0.310. The summed E-state index contributed by atoms with van der Waals surface area (Å²) < 4.78 is 51.5. The van der Waals surface area contributed by atoms with Crippen LogP contribution < -0.4 is 30.3 Å². The van der Waals surface area contributed by atoms with Gasteiger partial charge >= 0.3 is 6.03 Å². The van der Waals surface area contributed by atoms with Crippen molar-refractivity contribution in [1.29, 1.82) is 0 Å². The van der Waals surface area contributed by atoms with E-state index in [1.165, 1.54) is 52.4 Å². The van der Waals surface area contributed by atoms with E-state index in [0.717, 1.165) is 6.26 Å². The van der Waals surface area contributed by atoms with Crippen molar-refractivity contribution in [3.05, 3.63) is 82.7 Å². The number of hydrogen-bond donors (Lipinski definition) is 1. The van der Waals surface area contributed by atoms with Gasteiger partial charge in [-0.2, -0.15) is 9.29 Å². The number of nitrogens with one attached hydrogen (secondary N) is 1. The Labute approximate surface area is 253 Å². The van der Waals surface area contributed by atoms with Crippen LogP contribution in [0.4, 0.5) is 20.6 Å². The maximum atomic E-state index is 14.0. The van der Waals surface area contributed by atoms with Gasteiger partial charge < -0.3 is 19.8 Å². The number of pyridine rings is 1. The highest BCUT2D eigenvalue weighted by Crippen LogP contribution is 2.35. The lowest BCUT2D eigenvalue weighted by Crippen LogP contribution is -2.56. The third-order valence-electron chi connectivity index (χ3n) is 7.30. The van der Waals surface area contributed by atoms with Crippen LogP contribution in [-0.4, -0.2) is 80.1 Å². The molecule has 2 aromatic heterocycles. The number of nitrogens with zero attached hydrogens (tertiary/aromatic N) is 6. The van der Waals surface area contributed by atoms with Crippen LogP contribution in [-0.2, 0) is 10.0 Å². The normalized spacial score (nSPS) is 14.7. The first-order valence-corrected chi connectivity index (χ1v) is 15.5. The summed E-state index contributed by atoms with van der Waals surface area (Å²) in [7, 11) is -0.572. The number of methoxy groups -OCH3 is 2. The molecule has 44 heavy (non-hydrogen) atoms. The van der Waals surface area contributed by atoms with Gasteiger partial charge in [-0.3, -0.25) is 9.69 Å². The zero-order valence-corrected chi connectivity index (χ0v) is 25.4. The number of para-hydroxylation sites is 1. The van der Waals surface area contributed by atoms with E-state index in [4.69, 9.17) is 14.5 Å². The van der Waals surface area contributed by atoms with Crippen molar-refractivity contribution in [2.75, 3.05) is 61.9 Å². The Morgan fingerprint density at radius 3 is 2.30 bits per heavy atom. The Hall–Kier alpha value is -4.76. The van der Waals surface area contributed by atoms with E-state index in [1.807, 2.05) is 0 Å². The molecule has 13 nitrogen and oxygen atoms in total. The van der Waals surface area contributed by atoms with E-state index in [9.17, 15) is 22.4 Å². The van der Waals surface area contributed by atoms with Gasteiger partial charge in [-0.05, 0) is 49.4 Å². The largest absolute Gasteiger partial charge is 0.481 e. The number of carbonyl (C=O) groups is 1. The average molecular weight is 626 g/mol. The Bertz CT molecular complexity index is 1840. The van der Waals surface area contributed by atoms with Gasteiger partial charge in [-0.15, -0.1) is 0 Å². The number of carbonyl (C=O) groups excluding carboxylic acids is 1. The minimum absolute atomic E-state index is 0.0712. The van der Waals surface area contributed by atoms with Gasteiger partial charge in [0.25, 0.3) is 5.56 Å². The summed E-state index contributed by atoms with van der Waals surface area (Å²) in [5.74, 6) is 0.0757. The number of benzene rings is 2. The third-order valence-corrected chi connectivity index (χ3v) is 8.60. The highest BCUT2D eigenvalue weighted by molar-refractivity contribution is 7.88. The van der Waals surface area contributed by atoms with Crippen LogP contribution in [0.2, 0.25) is 0 Å². The number of sulfonamides is 1. The first-order valence-electron chi connectivity index (χ1n) is 13.7. The number of piperazine rings is 1. The molecule has 0 spiro atoms. The highest BCUT2D eigenvalue weighted by Gasteiger charge is 2.33. The topological polar surface area (TPSA) is 139 Å². The van der Waals surface area contributed by atoms with Gasteiger partial charge in [0.05, 0.1) is 37.4 Å². The van der Waals surface area contributed by atoms with Crippen LogP contribution >= 0.6 is 0 Å². The number of fused-ring (bicyclic) bond motifs is 1. The second-order valence-corrected chi connectivity index (χ2v) is 12.1. The van der Waals surface area contributed by atoms with Crippen LogP contribution in [0.15, 0.2) is 65.5 Å². The fourth-order valence-corrected chi connectivity index (χ4v) is 5.91. The van der Waals surface area contributed by atoms with E-state index in [1.54, 1.807) is 48.3 Å². The molecule has 2 amide bonds. The van der Waals surface area contributed by atoms with E-state index in [0.29, 0.717) is 16.6 Å². The number of hydrogen-bond acceptors (Lipinski definition) is 9. The van der Waals surface area contributed by atoms with Gasteiger partial charge in [0.15, 0.2) is 5.82 Å². The molecule has 1 saturated heterocycles. The smallest absolute Gasteiger partial charge is 0.327 e. The second-order valence-electron chi connectivity index (χ2n) is 10.1. The van der Waals surface area contributed by atoms with Crippen molar-refractivity contribution in [2.24, 2.45) is 0 Å². The highest BCUT2D eigenvalue weighted by atomic mass is 32.2. The summed E-state index contributed by atoms with van der Waals surface area (Å²) in [5, 5.41) is 4.87. The monoisotopic (exact) mass is 625 g/mol. The molecule has 1 aliphatic heterocycles. The zero-order valence-electron chi connectivity index (χ0n) is 24.6. The van der Waals surface area contributed by atoms with Gasteiger partial charge in [-0.25, -0.2) is 27.3 Å². The molecule has 1 aliphatic rings. The number of rotatable bonds is 8. The molecular formula is C29H32FN7O6S. The minimum atomic E-state index is -3.42. The molecule has 1 unspecified atom stereocenters. The lowest BCUT2D eigenvalue weighted by Gasteiger charge is -2.38. The summed E-state index contributed by atoms with van der Waals surface area (Å²) in [4.78, 5) is 38.6. The summed E-state index contributed by atoms with van der Waals surface area (Å²) in [6.07, 6.45) is 1.15. The number of urea groups is 1. The molecule has 15 heteroatoms. The molecule has 1 N–H and O–H groups in total. The summed E-state index contributed by atoms with van der Waals surface area (Å²) in [5.41, 5.74) is 0.624. The van der Waals surface area contributed by atoms with Crippen molar-refractivity contribution in [1.82, 2.24) is 18.9 Å². The van der Waals surface area contributed by atoms with E-state index in [2.05, 4.69) is 10.3 Å². The first-order chi connectivity index (χ1) is 21.0. The molecule has 4 aromatic rings. The molecule has 0 radical (unpaired) electrons. The zero-order chi connectivity index (χ0) is 31.6. The Morgan fingerprint density at radius 2 is 1.66 bits per heavy atom. The van der Waals surface area contributed by atoms with Crippen LogP contribution in [0.3, 0.4) is 0 Å². The molecular weight excluding hydrogens is 593 g/mol. The molecule has 232 valence electrons. The number of halogens is 1. The molecule has 5 rings (SSSR count). The van der Waals surface area contributed by atoms with Crippen molar-refractivity contribution < 1.29 is 27.1 Å². The van der Waals surface area contributed by atoms with Gasteiger partial charge in [0.1, 0.15) is 11.5 Å². The Kier molecular flexibility index (Phi) is 8.69. The quantitative estimate of drug-likeness (QED) is 0.313. The number of amides is 2. The summed E-state index contributed by atoms with van der Waals surface area (Å²) in [6, 6.07) is 13.8. The Balaban J connectivity index is 1.65. The van der Waals surface area contributed by atoms with E-state index >= 15 is 0 Å². The van der Waals surface area contributed by atoms with Crippen molar-refractivity contribution >= 4 is 38.3 Å². The van der Waals surface area contributed by atoms with E-state index in [-0.39, 0.29) is 55.0 Å².